The summed E-state index contributed by atoms with van der Waals surface area (Å²) in [7, 11) is -1.26. The fourth-order valence-electron chi connectivity index (χ4n) is 3.24. The van der Waals surface area contributed by atoms with E-state index < -0.39 is 9.84 Å². The van der Waals surface area contributed by atoms with Gasteiger partial charge in [0.25, 0.3) is 0 Å². The minimum absolute atomic E-state index is 0.00537. The highest BCUT2D eigenvalue weighted by atomic mass is 32.2. The summed E-state index contributed by atoms with van der Waals surface area (Å²) < 4.78 is 28.5. The zero-order chi connectivity index (χ0) is 18.3. The number of para-hydroxylation sites is 1. The Hall–Kier alpha value is -1.60. The van der Waals surface area contributed by atoms with Crippen LogP contribution in [0.25, 0.3) is 0 Å². The zero-order valence-electron chi connectivity index (χ0n) is 15.0. The van der Waals surface area contributed by atoms with Crippen molar-refractivity contribution in [1.82, 2.24) is 10.2 Å². The largest absolute Gasteiger partial charge is 0.496 e. The van der Waals surface area contributed by atoms with Crippen LogP contribution in [0.4, 0.5) is 0 Å². The lowest BCUT2D eigenvalue weighted by Crippen LogP contribution is -2.39. The van der Waals surface area contributed by atoms with Gasteiger partial charge in [-0.05, 0) is 31.0 Å². The van der Waals surface area contributed by atoms with Crippen molar-refractivity contribution in [2.75, 3.05) is 38.2 Å². The number of methoxy groups -OCH3 is 1. The van der Waals surface area contributed by atoms with Gasteiger partial charge in [-0.15, -0.1) is 0 Å². The number of nitrogens with one attached hydrogen (secondary N) is 1. The van der Waals surface area contributed by atoms with Crippen molar-refractivity contribution in [3.8, 4) is 5.75 Å². The molecule has 0 saturated carbocycles. The first kappa shape index (κ1) is 19.7. The van der Waals surface area contributed by atoms with Crippen LogP contribution in [0.2, 0.25) is 0 Å². The maximum absolute atomic E-state index is 12.1. The number of benzene rings is 1. The highest BCUT2D eigenvalue weighted by Gasteiger charge is 2.31. The summed E-state index contributed by atoms with van der Waals surface area (Å²) in [6, 6.07) is 7.82. The first-order valence-corrected chi connectivity index (χ1v) is 10.6. The van der Waals surface area contributed by atoms with Crippen molar-refractivity contribution in [1.29, 1.82) is 0 Å². The molecule has 25 heavy (non-hydrogen) atoms. The third-order valence-electron chi connectivity index (χ3n) is 4.67. The molecule has 6 nitrogen and oxygen atoms in total. The van der Waals surface area contributed by atoms with E-state index in [-0.39, 0.29) is 23.5 Å². The minimum Gasteiger partial charge on any atom is -0.496 e. The van der Waals surface area contributed by atoms with E-state index in [1.807, 2.05) is 31.2 Å². The average Bonchev–Trinajstić information content (AvgIpc) is 2.95. The van der Waals surface area contributed by atoms with Crippen LogP contribution in [0, 0.1) is 0 Å². The zero-order valence-corrected chi connectivity index (χ0v) is 15.8. The molecule has 1 aromatic carbocycles. The summed E-state index contributed by atoms with van der Waals surface area (Å²) in [5.74, 6) is 1.31. The molecule has 0 radical (unpaired) electrons. The SMILES string of the molecule is CCN(CCC(=O)NCCc1ccccc1OC)C1CCS(=O)(=O)C1. The molecule has 1 fully saturated rings. The van der Waals surface area contributed by atoms with E-state index in [0.717, 1.165) is 17.9 Å². The normalized spacial score (nSPS) is 19.1. The molecule has 1 unspecified atom stereocenters. The molecule has 1 aliphatic heterocycles. The Morgan fingerprint density at radius 1 is 1.36 bits per heavy atom. The predicted octanol–water partition coefficient (Wildman–Crippen LogP) is 1.25. The average molecular weight is 368 g/mol. The topological polar surface area (TPSA) is 75.7 Å². The lowest BCUT2D eigenvalue weighted by Gasteiger charge is -2.26. The van der Waals surface area contributed by atoms with Crippen LogP contribution in [0.1, 0.15) is 25.3 Å². The Labute approximate surface area is 150 Å². The number of amides is 1. The first-order chi connectivity index (χ1) is 11.9. The molecule has 7 heteroatoms. The molecule has 1 atom stereocenters. The highest BCUT2D eigenvalue weighted by Crippen LogP contribution is 2.18. The second-order valence-corrected chi connectivity index (χ2v) is 8.58. The summed E-state index contributed by atoms with van der Waals surface area (Å²) >= 11 is 0. The van der Waals surface area contributed by atoms with E-state index >= 15 is 0 Å². The number of carbonyl (C=O) groups excluding carboxylic acids is 1. The molecule has 1 saturated heterocycles. The van der Waals surface area contributed by atoms with Gasteiger partial charge in [0.15, 0.2) is 9.84 Å². The summed E-state index contributed by atoms with van der Waals surface area (Å²) in [5, 5.41) is 2.93. The van der Waals surface area contributed by atoms with E-state index in [9.17, 15) is 13.2 Å². The third-order valence-corrected chi connectivity index (χ3v) is 6.42. The lowest BCUT2D eigenvalue weighted by molar-refractivity contribution is -0.121. The molecule has 1 heterocycles. The molecule has 0 aromatic heterocycles. The van der Waals surface area contributed by atoms with Crippen LogP contribution in [-0.2, 0) is 21.1 Å². The van der Waals surface area contributed by atoms with Crippen molar-refractivity contribution in [2.45, 2.75) is 32.2 Å². The molecule has 0 aliphatic carbocycles. The van der Waals surface area contributed by atoms with Crippen molar-refractivity contribution in [2.24, 2.45) is 0 Å². The summed E-state index contributed by atoms with van der Waals surface area (Å²) in [5.41, 5.74) is 1.07. The smallest absolute Gasteiger partial charge is 0.221 e. The molecule has 140 valence electrons. The Morgan fingerprint density at radius 3 is 2.76 bits per heavy atom. The van der Waals surface area contributed by atoms with Gasteiger partial charge in [0.05, 0.1) is 18.6 Å². The van der Waals surface area contributed by atoms with Crippen LogP contribution >= 0.6 is 0 Å². The van der Waals surface area contributed by atoms with Crippen LogP contribution in [-0.4, -0.2) is 63.5 Å². The Bertz CT molecular complexity index is 675. The molecular formula is C18H28N2O4S. The number of nitrogens with zero attached hydrogens (tertiary/aromatic N) is 1. The van der Waals surface area contributed by atoms with E-state index in [4.69, 9.17) is 4.74 Å². The molecule has 1 N–H and O–H groups in total. The molecule has 1 amide bonds. The number of hydrogen-bond acceptors (Lipinski definition) is 5. The maximum atomic E-state index is 12.1. The number of hydrogen-bond donors (Lipinski definition) is 1. The Kier molecular flexibility index (Phi) is 7.25. The van der Waals surface area contributed by atoms with Crippen LogP contribution in [0.3, 0.4) is 0 Å². The van der Waals surface area contributed by atoms with Gasteiger partial charge >= 0.3 is 0 Å². The van der Waals surface area contributed by atoms with Crippen molar-refractivity contribution in [3.05, 3.63) is 29.8 Å². The maximum Gasteiger partial charge on any atom is 0.221 e. The van der Waals surface area contributed by atoms with Gasteiger partial charge in [0, 0.05) is 25.6 Å². The highest BCUT2D eigenvalue weighted by molar-refractivity contribution is 7.91. The van der Waals surface area contributed by atoms with E-state index in [0.29, 0.717) is 32.4 Å². The van der Waals surface area contributed by atoms with Crippen LogP contribution in [0.15, 0.2) is 24.3 Å². The van der Waals surface area contributed by atoms with E-state index in [1.54, 1.807) is 7.11 Å². The van der Waals surface area contributed by atoms with Gasteiger partial charge in [-0.2, -0.15) is 0 Å². The summed E-state index contributed by atoms with van der Waals surface area (Å²) in [6.07, 6.45) is 1.77. The van der Waals surface area contributed by atoms with Gasteiger partial charge in [0.1, 0.15) is 5.75 Å². The van der Waals surface area contributed by atoms with Crippen molar-refractivity contribution >= 4 is 15.7 Å². The van der Waals surface area contributed by atoms with Gasteiger partial charge in [-0.3, -0.25) is 9.69 Å². The summed E-state index contributed by atoms with van der Waals surface area (Å²) in [6.45, 7) is 3.92. The van der Waals surface area contributed by atoms with Gasteiger partial charge in [0.2, 0.25) is 5.91 Å². The quantitative estimate of drug-likeness (QED) is 0.710. The molecule has 1 aliphatic rings. The molecule has 0 spiro atoms. The number of rotatable bonds is 9. The summed E-state index contributed by atoms with van der Waals surface area (Å²) in [4.78, 5) is 14.2. The number of ether oxygens (including phenoxy) is 1. The van der Waals surface area contributed by atoms with Gasteiger partial charge in [-0.1, -0.05) is 25.1 Å². The lowest BCUT2D eigenvalue weighted by atomic mass is 10.1. The molecule has 2 rings (SSSR count). The van der Waals surface area contributed by atoms with E-state index in [1.165, 1.54) is 0 Å². The Balaban J connectivity index is 1.73. The van der Waals surface area contributed by atoms with Gasteiger partial charge < -0.3 is 10.1 Å². The second-order valence-electron chi connectivity index (χ2n) is 6.35. The van der Waals surface area contributed by atoms with Crippen LogP contribution < -0.4 is 10.1 Å². The minimum atomic E-state index is -2.89. The number of carbonyl (C=O) groups is 1. The molecular weight excluding hydrogens is 340 g/mol. The predicted molar refractivity (Wildman–Crippen MR) is 98.6 cm³/mol. The van der Waals surface area contributed by atoms with E-state index in [2.05, 4.69) is 10.2 Å². The van der Waals surface area contributed by atoms with Gasteiger partial charge in [-0.25, -0.2) is 8.42 Å². The third kappa shape index (κ3) is 6.01. The van der Waals surface area contributed by atoms with Crippen molar-refractivity contribution in [3.63, 3.8) is 0 Å². The number of sulfone groups is 1. The monoisotopic (exact) mass is 368 g/mol. The fourth-order valence-corrected chi connectivity index (χ4v) is 5.00. The van der Waals surface area contributed by atoms with Crippen molar-refractivity contribution < 1.29 is 17.9 Å². The molecule has 1 aromatic rings. The second kappa shape index (κ2) is 9.20. The Morgan fingerprint density at radius 2 is 2.12 bits per heavy atom. The first-order valence-electron chi connectivity index (χ1n) is 8.78. The van der Waals surface area contributed by atoms with Crippen LogP contribution in [0.5, 0.6) is 5.75 Å². The standard InChI is InChI=1S/C18H28N2O4S/c1-3-20(16-10-13-25(22,23)14-16)12-9-18(21)19-11-8-15-6-4-5-7-17(15)24-2/h4-7,16H,3,8-14H2,1-2H3,(H,19,21). The fraction of sp³-hybridized carbons (Fsp3) is 0.611. The molecule has 0 bridgehead atoms.